The van der Waals surface area contributed by atoms with Gasteiger partial charge in [0.05, 0.1) is 11.1 Å². The van der Waals surface area contributed by atoms with E-state index >= 15 is 0 Å². The molecule has 0 bridgehead atoms. The summed E-state index contributed by atoms with van der Waals surface area (Å²) in [6, 6.07) is 25.7. The Kier molecular flexibility index (Phi) is 3.87. The van der Waals surface area contributed by atoms with Crippen LogP contribution in [0.1, 0.15) is 31.2 Å². The summed E-state index contributed by atoms with van der Waals surface area (Å²) in [7, 11) is 0. The minimum Gasteiger partial charge on any atom is -0.437 e. The zero-order chi connectivity index (χ0) is 21.1. The third-order valence-corrected chi connectivity index (χ3v) is 6.12. The SMILES string of the molecule is Cc1nc(-c2cc(C(C)C)c3ccccc3c2)c2c(n1)oc1c3ccccc3ccc12. The quantitative estimate of drug-likeness (QED) is 0.297. The highest BCUT2D eigenvalue weighted by molar-refractivity contribution is 6.18. The molecule has 31 heavy (non-hydrogen) atoms. The Balaban J connectivity index is 1.75. The van der Waals surface area contributed by atoms with Gasteiger partial charge in [0, 0.05) is 16.3 Å². The van der Waals surface area contributed by atoms with Crippen molar-refractivity contribution >= 4 is 43.6 Å². The van der Waals surface area contributed by atoms with Gasteiger partial charge in [-0.2, -0.15) is 4.98 Å². The summed E-state index contributed by atoms with van der Waals surface area (Å²) in [5, 5.41) is 6.83. The third kappa shape index (κ3) is 2.73. The van der Waals surface area contributed by atoms with Crippen LogP contribution in [-0.2, 0) is 0 Å². The van der Waals surface area contributed by atoms with Crippen LogP contribution in [0.25, 0.3) is 54.9 Å². The summed E-state index contributed by atoms with van der Waals surface area (Å²) in [6.07, 6.45) is 0. The van der Waals surface area contributed by atoms with Crippen LogP contribution in [0.4, 0.5) is 0 Å². The normalized spacial score (nSPS) is 12.0. The summed E-state index contributed by atoms with van der Waals surface area (Å²) < 4.78 is 6.32. The molecule has 2 aromatic heterocycles. The smallest absolute Gasteiger partial charge is 0.231 e. The second-order valence-electron chi connectivity index (χ2n) is 8.51. The number of aryl methyl sites for hydroxylation is 1. The molecule has 0 unspecified atom stereocenters. The molecule has 6 aromatic rings. The Morgan fingerprint density at radius 2 is 1.48 bits per heavy atom. The van der Waals surface area contributed by atoms with E-state index in [2.05, 4.69) is 85.6 Å². The van der Waals surface area contributed by atoms with Crippen molar-refractivity contribution in [1.82, 2.24) is 9.97 Å². The van der Waals surface area contributed by atoms with E-state index in [1.165, 1.54) is 16.3 Å². The number of rotatable bonds is 2. The van der Waals surface area contributed by atoms with E-state index in [1.807, 2.05) is 13.0 Å². The average Bonchev–Trinajstić information content (AvgIpc) is 3.16. The molecule has 3 nitrogen and oxygen atoms in total. The number of nitrogens with zero attached hydrogens (tertiary/aromatic N) is 2. The summed E-state index contributed by atoms with van der Waals surface area (Å²) in [6.45, 7) is 6.41. The Morgan fingerprint density at radius 3 is 2.29 bits per heavy atom. The molecule has 0 aliphatic heterocycles. The number of hydrogen-bond donors (Lipinski definition) is 0. The Hall–Kier alpha value is -3.72. The van der Waals surface area contributed by atoms with Crippen LogP contribution in [-0.4, -0.2) is 9.97 Å². The second-order valence-corrected chi connectivity index (χ2v) is 8.51. The molecule has 0 aliphatic rings. The first kappa shape index (κ1) is 18.1. The molecule has 0 atom stereocenters. The Labute approximate surface area is 180 Å². The Morgan fingerprint density at radius 1 is 0.742 bits per heavy atom. The van der Waals surface area contributed by atoms with Crippen LogP contribution in [0.3, 0.4) is 0 Å². The molecule has 0 amide bonds. The van der Waals surface area contributed by atoms with Gasteiger partial charge in [0.25, 0.3) is 0 Å². The molecule has 6 rings (SSSR count). The number of aromatic nitrogens is 2. The number of fused-ring (bicyclic) bond motifs is 6. The molecule has 2 heterocycles. The van der Waals surface area contributed by atoms with E-state index in [0.29, 0.717) is 17.5 Å². The summed E-state index contributed by atoms with van der Waals surface area (Å²) >= 11 is 0. The van der Waals surface area contributed by atoms with E-state index in [1.54, 1.807) is 0 Å². The maximum atomic E-state index is 6.32. The molecule has 0 radical (unpaired) electrons. The predicted octanol–water partition coefficient (Wildman–Crippen LogP) is 7.78. The molecule has 150 valence electrons. The van der Waals surface area contributed by atoms with Gasteiger partial charge in [0.2, 0.25) is 5.71 Å². The molecule has 0 saturated carbocycles. The molecule has 4 aromatic carbocycles. The summed E-state index contributed by atoms with van der Waals surface area (Å²) in [5.41, 5.74) is 4.89. The molecular formula is C28H22N2O. The highest BCUT2D eigenvalue weighted by Crippen LogP contribution is 2.39. The zero-order valence-electron chi connectivity index (χ0n) is 17.8. The van der Waals surface area contributed by atoms with Gasteiger partial charge in [-0.15, -0.1) is 0 Å². The Bertz CT molecular complexity index is 1630. The predicted molar refractivity (Wildman–Crippen MR) is 129 cm³/mol. The van der Waals surface area contributed by atoms with Gasteiger partial charge >= 0.3 is 0 Å². The monoisotopic (exact) mass is 402 g/mol. The van der Waals surface area contributed by atoms with Gasteiger partial charge in [0.15, 0.2) is 0 Å². The first-order valence-corrected chi connectivity index (χ1v) is 10.7. The number of hydrogen-bond acceptors (Lipinski definition) is 3. The molecule has 0 saturated heterocycles. The van der Waals surface area contributed by atoms with Crippen molar-refractivity contribution in [3.8, 4) is 11.3 Å². The second kappa shape index (κ2) is 6.64. The lowest BCUT2D eigenvalue weighted by Gasteiger charge is -2.13. The lowest BCUT2D eigenvalue weighted by molar-refractivity contribution is 0.654. The fourth-order valence-electron chi connectivity index (χ4n) is 4.67. The minimum absolute atomic E-state index is 0.410. The van der Waals surface area contributed by atoms with Gasteiger partial charge < -0.3 is 4.42 Å². The standard InChI is InChI=1S/C28H22N2O/c1-16(2)24-15-20(14-19-9-5-6-10-21(19)24)26-25-23-13-12-18-8-4-7-11-22(18)27(23)31-28(25)30-17(3)29-26/h4-16H,1-3H3. The average molecular weight is 402 g/mol. The highest BCUT2D eigenvalue weighted by Gasteiger charge is 2.19. The van der Waals surface area contributed by atoms with E-state index in [9.17, 15) is 0 Å². The van der Waals surface area contributed by atoms with Crippen molar-refractivity contribution in [1.29, 1.82) is 0 Å². The van der Waals surface area contributed by atoms with Crippen LogP contribution >= 0.6 is 0 Å². The highest BCUT2D eigenvalue weighted by atomic mass is 16.3. The van der Waals surface area contributed by atoms with Gasteiger partial charge in [-0.1, -0.05) is 68.4 Å². The van der Waals surface area contributed by atoms with E-state index in [0.717, 1.165) is 38.4 Å². The molecule has 0 spiro atoms. The van der Waals surface area contributed by atoms with Gasteiger partial charge in [-0.3, -0.25) is 0 Å². The molecule has 3 heteroatoms. The largest absolute Gasteiger partial charge is 0.437 e. The van der Waals surface area contributed by atoms with Gasteiger partial charge in [0.1, 0.15) is 11.4 Å². The molecule has 0 N–H and O–H groups in total. The lowest BCUT2D eigenvalue weighted by atomic mass is 9.92. The van der Waals surface area contributed by atoms with Crippen molar-refractivity contribution in [2.75, 3.05) is 0 Å². The minimum atomic E-state index is 0.410. The fourth-order valence-corrected chi connectivity index (χ4v) is 4.67. The molecule has 0 aliphatic carbocycles. The lowest BCUT2D eigenvalue weighted by Crippen LogP contribution is -1.95. The van der Waals surface area contributed by atoms with Crippen LogP contribution < -0.4 is 0 Å². The van der Waals surface area contributed by atoms with Crippen LogP contribution in [0, 0.1) is 6.92 Å². The van der Waals surface area contributed by atoms with E-state index < -0.39 is 0 Å². The number of benzene rings is 4. The molecule has 0 fully saturated rings. The van der Waals surface area contributed by atoms with Crippen LogP contribution in [0.5, 0.6) is 0 Å². The van der Waals surface area contributed by atoms with Gasteiger partial charge in [-0.05, 0) is 52.8 Å². The fraction of sp³-hybridized carbons (Fsp3) is 0.143. The number of furan rings is 1. The zero-order valence-corrected chi connectivity index (χ0v) is 17.8. The summed E-state index contributed by atoms with van der Waals surface area (Å²) in [4.78, 5) is 9.56. The van der Waals surface area contributed by atoms with Crippen molar-refractivity contribution in [3.63, 3.8) is 0 Å². The van der Waals surface area contributed by atoms with Gasteiger partial charge in [-0.25, -0.2) is 4.98 Å². The summed E-state index contributed by atoms with van der Waals surface area (Å²) in [5.74, 6) is 1.12. The van der Waals surface area contributed by atoms with Crippen LogP contribution in [0.15, 0.2) is 77.2 Å². The first-order valence-electron chi connectivity index (χ1n) is 10.7. The van der Waals surface area contributed by atoms with E-state index in [4.69, 9.17) is 9.40 Å². The first-order chi connectivity index (χ1) is 15.1. The van der Waals surface area contributed by atoms with Crippen LogP contribution in [0.2, 0.25) is 0 Å². The van der Waals surface area contributed by atoms with Crippen molar-refractivity contribution in [2.45, 2.75) is 26.7 Å². The van der Waals surface area contributed by atoms with Crippen molar-refractivity contribution in [3.05, 3.63) is 84.2 Å². The van der Waals surface area contributed by atoms with E-state index in [-0.39, 0.29) is 0 Å². The topological polar surface area (TPSA) is 38.9 Å². The maximum absolute atomic E-state index is 6.32. The maximum Gasteiger partial charge on any atom is 0.231 e. The van der Waals surface area contributed by atoms with Crippen molar-refractivity contribution in [2.24, 2.45) is 0 Å². The molecular weight excluding hydrogens is 380 g/mol. The third-order valence-electron chi connectivity index (χ3n) is 6.12. The van der Waals surface area contributed by atoms with Crippen molar-refractivity contribution < 1.29 is 4.42 Å².